The molecule has 18 heavy (non-hydrogen) atoms. The molecule has 0 radical (unpaired) electrons. The van der Waals surface area contributed by atoms with Crippen molar-refractivity contribution in [2.45, 2.75) is 26.3 Å². The molecule has 0 aliphatic heterocycles. The molecule has 0 aliphatic rings. The third-order valence-electron chi connectivity index (χ3n) is 3.13. The van der Waals surface area contributed by atoms with Crippen molar-refractivity contribution in [1.29, 1.82) is 0 Å². The van der Waals surface area contributed by atoms with Gasteiger partial charge in [-0.1, -0.05) is 41.4 Å². The van der Waals surface area contributed by atoms with Gasteiger partial charge in [-0.2, -0.15) is 0 Å². The lowest BCUT2D eigenvalue weighted by molar-refractivity contribution is 0.602. The quantitative estimate of drug-likeness (QED) is 0.868. The van der Waals surface area contributed by atoms with Gasteiger partial charge in [0.15, 0.2) is 0 Å². The Kier molecular flexibility index (Phi) is 4.44. The monoisotopic (exact) mass is 279 g/mol. The molecule has 0 fully saturated rings. The highest BCUT2D eigenvalue weighted by Gasteiger charge is 2.14. The Morgan fingerprint density at radius 3 is 2.39 bits per heavy atom. The average Bonchev–Trinajstić information content (AvgIpc) is 2.69. The van der Waals surface area contributed by atoms with Gasteiger partial charge in [0, 0.05) is 10.9 Å². The van der Waals surface area contributed by atoms with E-state index in [0.717, 1.165) is 10.8 Å². The molecule has 0 saturated heterocycles. The Morgan fingerprint density at radius 2 is 1.89 bits per heavy atom. The molecule has 0 amide bonds. The van der Waals surface area contributed by atoms with Gasteiger partial charge < -0.3 is 5.32 Å². The van der Waals surface area contributed by atoms with E-state index in [1.807, 2.05) is 7.05 Å². The molecule has 3 heteroatoms. The maximum absolute atomic E-state index is 6.14. The Balaban J connectivity index is 2.16. The topological polar surface area (TPSA) is 12.0 Å². The van der Waals surface area contributed by atoms with E-state index in [2.05, 4.69) is 49.5 Å². The zero-order chi connectivity index (χ0) is 13.1. The zero-order valence-corrected chi connectivity index (χ0v) is 12.5. The molecule has 1 heterocycles. The van der Waals surface area contributed by atoms with Crippen LogP contribution in [-0.2, 0) is 6.42 Å². The van der Waals surface area contributed by atoms with E-state index < -0.39 is 0 Å². The second-order valence-corrected chi connectivity index (χ2v) is 6.32. The van der Waals surface area contributed by atoms with Crippen molar-refractivity contribution in [2.75, 3.05) is 7.05 Å². The summed E-state index contributed by atoms with van der Waals surface area (Å²) in [7, 11) is 2.00. The largest absolute Gasteiger partial charge is 0.312 e. The average molecular weight is 280 g/mol. The summed E-state index contributed by atoms with van der Waals surface area (Å²) in [5.41, 5.74) is 3.82. The molecule has 0 aliphatic carbocycles. The van der Waals surface area contributed by atoms with Gasteiger partial charge in [0.25, 0.3) is 0 Å². The van der Waals surface area contributed by atoms with Gasteiger partial charge in [0.1, 0.15) is 0 Å². The molecule has 1 nitrogen and oxygen atoms in total. The first-order valence-corrected chi connectivity index (χ1v) is 7.28. The highest BCUT2D eigenvalue weighted by atomic mass is 35.5. The number of halogens is 1. The van der Waals surface area contributed by atoms with E-state index in [1.54, 1.807) is 11.3 Å². The van der Waals surface area contributed by atoms with Crippen LogP contribution >= 0.6 is 22.9 Å². The van der Waals surface area contributed by atoms with Crippen molar-refractivity contribution < 1.29 is 0 Å². The van der Waals surface area contributed by atoms with Gasteiger partial charge in [-0.25, -0.2) is 0 Å². The van der Waals surface area contributed by atoms with Crippen molar-refractivity contribution in [3.8, 4) is 0 Å². The molecular weight excluding hydrogens is 262 g/mol. The van der Waals surface area contributed by atoms with Gasteiger partial charge in [-0.15, -0.1) is 11.3 Å². The third kappa shape index (κ3) is 3.14. The molecule has 2 rings (SSSR count). The highest BCUT2D eigenvalue weighted by molar-refractivity contribution is 7.16. The first-order valence-electron chi connectivity index (χ1n) is 6.09. The standard InChI is InChI=1S/C15H18ClNS/c1-10-4-6-12(7-5-10)9-13(17-3)14-8-11(2)15(16)18-14/h4-8,13,17H,9H2,1-3H3. The molecule has 2 aromatic rings. The molecule has 1 atom stereocenters. The minimum atomic E-state index is 0.337. The van der Waals surface area contributed by atoms with E-state index in [1.165, 1.54) is 21.6 Å². The van der Waals surface area contributed by atoms with Crippen molar-refractivity contribution in [1.82, 2.24) is 5.32 Å². The van der Waals surface area contributed by atoms with E-state index in [0.29, 0.717) is 6.04 Å². The Morgan fingerprint density at radius 1 is 1.22 bits per heavy atom. The van der Waals surface area contributed by atoms with Crippen LogP contribution in [-0.4, -0.2) is 7.05 Å². The molecule has 1 N–H and O–H groups in total. The number of benzene rings is 1. The highest BCUT2D eigenvalue weighted by Crippen LogP contribution is 2.32. The maximum Gasteiger partial charge on any atom is 0.0960 e. The SMILES string of the molecule is CNC(Cc1ccc(C)cc1)c1cc(C)c(Cl)s1. The summed E-state index contributed by atoms with van der Waals surface area (Å²) in [5, 5.41) is 3.37. The fraction of sp³-hybridized carbons (Fsp3) is 0.333. The number of hydrogen-bond donors (Lipinski definition) is 1. The zero-order valence-electron chi connectivity index (χ0n) is 11.0. The number of hydrogen-bond acceptors (Lipinski definition) is 2. The molecule has 0 bridgehead atoms. The predicted molar refractivity (Wildman–Crippen MR) is 80.7 cm³/mol. The smallest absolute Gasteiger partial charge is 0.0960 e. The number of aryl methyl sites for hydroxylation is 2. The first kappa shape index (κ1) is 13.6. The molecule has 0 spiro atoms. The van der Waals surface area contributed by atoms with Crippen LogP contribution in [0.5, 0.6) is 0 Å². The molecule has 1 aromatic carbocycles. The summed E-state index contributed by atoms with van der Waals surface area (Å²) in [6, 6.07) is 11.2. The van der Waals surface area contributed by atoms with Gasteiger partial charge in [0.2, 0.25) is 0 Å². The minimum Gasteiger partial charge on any atom is -0.312 e. The molecule has 0 saturated carbocycles. The van der Waals surface area contributed by atoms with Crippen molar-refractivity contribution in [3.05, 3.63) is 56.2 Å². The second kappa shape index (κ2) is 5.87. The second-order valence-electron chi connectivity index (χ2n) is 4.64. The Hall–Kier alpha value is -0.830. The van der Waals surface area contributed by atoms with Crippen LogP contribution in [0.2, 0.25) is 4.34 Å². The summed E-state index contributed by atoms with van der Waals surface area (Å²) in [6.07, 6.45) is 0.993. The van der Waals surface area contributed by atoms with E-state index in [9.17, 15) is 0 Å². The summed E-state index contributed by atoms with van der Waals surface area (Å²) >= 11 is 7.82. The third-order valence-corrected chi connectivity index (χ3v) is 4.80. The van der Waals surface area contributed by atoms with Crippen molar-refractivity contribution >= 4 is 22.9 Å². The fourth-order valence-electron chi connectivity index (χ4n) is 1.96. The number of thiophene rings is 1. The summed E-state index contributed by atoms with van der Waals surface area (Å²) in [5.74, 6) is 0. The van der Waals surface area contributed by atoms with Crippen LogP contribution in [0.3, 0.4) is 0 Å². The fourth-order valence-corrected chi connectivity index (χ4v) is 3.29. The van der Waals surface area contributed by atoms with Gasteiger partial charge in [-0.3, -0.25) is 0 Å². The molecule has 1 aromatic heterocycles. The lowest BCUT2D eigenvalue weighted by Crippen LogP contribution is -2.17. The number of nitrogens with one attached hydrogen (secondary N) is 1. The summed E-state index contributed by atoms with van der Waals surface area (Å²) in [4.78, 5) is 1.31. The summed E-state index contributed by atoms with van der Waals surface area (Å²) < 4.78 is 0.897. The molecule has 96 valence electrons. The normalized spacial score (nSPS) is 12.7. The molecule has 1 unspecified atom stereocenters. The van der Waals surface area contributed by atoms with Crippen LogP contribution in [0.4, 0.5) is 0 Å². The van der Waals surface area contributed by atoms with Crippen molar-refractivity contribution in [3.63, 3.8) is 0 Å². The Labute approximate surface area is 118 Å². The van der Waals surface area contributed by atoms with Crippen LogP contribution < -0.4 is 5.32 Å². The number of likely N-dealkylation sites (N-methyl/N-ethyl adjacent to an activating group) is 1. The van der Waals surface area contributed by atoms with E-state index >= 15 is 0 Å². The maximum atomic E-state index is 6.14. The Bertz CT molecular complexity index is 496. The lowest BCUT2D eigenvalue weighted by Gasteiger charge is -2.14. The van der Waals surface area contributed by atoms with Gasteiger partial charge in [-0.05, 0) is 44.5 Å². The van der Waals surface area contributed by atoms with E-state index in [4.69, 9.17) is 11.6 Å². The van der Waals surface area contributed by atoms with Crippen LogP contribution in [0, 0.1) is 13.8 Å². The minimum absolute atomic E-state index is 0.337. The van der Waals surface area contributed by atoms with Crippen LogP contribution in [0.25, 0.3) is 0 Å². The van der Waals surface area contributed by atoms with Crippen molar-refractivity contribution in [2.24, 2.45) is 0 Å². The predicted octanol–water partition coefficient (Wildman–Crippen LogP) is 4.52. The van der Waals surface area contributed by atoms with Gasteiger partial charge in [0.05, 0.1) is 4.34 Å². The van der Waals surface area contributed by atoms with E-state index in [-0.39, 0.29) is 0 Å². The van der Waals surface area contributed by atoms with Gasteiger partial charge >= 0.3 is 0 Å². The number of rotatable bonds is 4. The lowest BCUT2D eigenvalue weighted by atomic mass is 10.0. The van der Waals surface area contributed by atoms with Crippen LogP contribution in [0.15, 0.2) is 30.3 Å². The summed E-state index contributed by atoms with van der Waals surface area (Å²) in [6.45, 7) is 4.17. The van der Waals surface area contributed by atoms with Crippen LogP contribution in [0.1, 0.15) is 27.6 Å². The first-order chi connectivity index (χ1) is 8.60. The molecular formula is C15H18ClNS.